The summed E-state index contributed by atoms with van der Waals surface area (Å²) in [6, 6.07) is 0. The van der Waals surface area contributed by atoms with E-state index in [9.17, 15) is 26.9 Å². The van der Waals surface area contributed by atoms with Crippen LogP contribution in [0.2, 0.25) is 5.82 Å². The van der Waals surface area contributed by atoms with E-state index < -0.39 is 21.2 Å². The fourth-order valence-corrected chi connectivity index (χ4v) is 4.61. The first-order valence-corrected chi connectivity index (χ1v) is 8.64. The summed E-state index contributed by atoms with van der Waals surface area (Å²) < 4.78 is 49.6. The third kappa shape index (κ3) is 6.76. The van der Waals surface area contributed by atoms with Gasteiger partial charge in [0, 0.05) is 0 Å². The third-order valence-corrected chi connectivity index (χ3v) is 6.21. The maximum atomic E-state index is 11.4. The molecule has 0 bridgehead atoms. The first-order chi connectivity index (χ1) is 9.11. The van der Waals surface area contributed by atoms with Crippen LogP contribution >= 0.6 is 0 Å². The number of esters is 2. The van der Waals surface area contributed by atoms with Gasteiger partial charge in [-0.2, -0.15) is 0 Å². The van der Waals surface area contributed by atoms with Crippen LogP contribution in [0.5, 0.6) is 0 Å². The van der Waals surface area contributed by atoms with Crippen LogP contribution in [0.4, 0.5) is 17.3 Å². The number of allylic oxidation sites excluding steroid dienone is 2. The molecule has 0 aromatic heterocycles. The van der Waals surface area contributed by atoms with Gasteiger partial charge in [-0.1, -0.05) is 0 Å². The average Bonchev–Trinajstić information content (AvgIpc) is 2.35. The fraction of sp³-hybridized carbons (Fsp3) is 0.400. The van der Waals surface area contributed by atoms with E-state index in [0.717, 1.165) is 0 Å². The Kier molecular flexibility index (Phi) is 7.59. The molecule has 4 nitrogen and oxygen atoms in total. The molecule has 0 radical (unpaired) electrons. The smallest absolute Gasteiger partial charge is 0.418 e. The number of methoxy groups -OCH3 is 2. The molecule has 20 heavy (non-hydrogen) atoms. The standard InChI is InChI=1S/C10H13O4Se.BF4/c1-13-9(11)7-5-4-6-8(15(7)3)10(12)14-2;2-1(3,4)5/h5-6H,4H2,1-3H3;/q+1;-1. The van der Waals surface area contributed by atoms with Crippen LogP contribution in [0, 0.1) is 0 Å². The van der Waals surface area contributed by atoms with E-state index in [0.29, 0.717) is 15.4 Å². The number of carbonyl (C=O) groups is 2. The summed E-state index contributed by atoms with van der Waals surface area (Å²) in [7, 11) is -3.31. The molecule has 10 heteroatoms. The number of ether oxygens (including phenoxy) is 2. The zero-order chi connectivity index (χ0) is 15.9. The minimum absolute atomic E-state index is 0.336. The second-order valence-electron chi connectivity index (χ2n) is 3.36. The first-order valence-electron chi connectivity index (χ1n) is 5.22. The largest absolute Gasteiger partial charge is 0.673 e. The van der Waals surface area contributed by atoms with Crippen molar-refractivity contribution in [3.63, 3.8) is 0 Å². The molecule has 0 N–H and O–H groups in total. The molecular formula is C10H13BF4O4Se. The zero-order valence-electron chi connectivity index (χ0n) is 11.0. The second-order valence-corrected chi connectivity index (χ2v) is 7.35. The minimum Gasteiger partial charge on any atom is -0.418 e. The van der Waals surface area contributed by atoms with Crippen molar-refractivity contribution in [2.75, 3.05) is 14.2 Å². The van der Waals surface area contributed by atoms with Gasteiger partial charge in [-0.3, -0.25) is 0 Å². The van der Waals surface area contributed by atoms with Crippen molar-refractivity contribution in [1.29, 1.82) is 0 Å². The van der Waals surface area contributed by atoms with E-state index >= 15 is 0 Å². The Balaban J connectivity index is 0.000000621. The van der Waals surface area contributed by atoms with Crippen LogP contribution in [0.3, 0.4) is 0 Å². The zero-order valence-corrected chi connectivity index (χ0v) is 12.7. The van der Waals surface area contributed by atoms with Crippen LogP contribution in [-0.4, -0.2) is 47.3 Å². The van der Waals surface area contributed by atoms with Crippen LogP contribution < -0.4 is 0 Å². The van der Waals surface area contributed by atoms with Gasteiger partial charge in [0.25, 0.3) is 0 Å². The van der Waals surface area contributed by atoms with E-state index in [1.807, 2.05) is 18.0 Å². The van der Waals surface area contributed by atoms with E-state index in [2.05, 4.69) is 9.47 Å². The van der Waals surface area contributed by atoms with Crippen molar-refractivity contribution < 1.29 is 36.3 Å². The summed E-state index contributed by atoms with van der Waals surface area (Å²) in [4.78, 5) is 22.8. The molecule has 114 valence electrons. The average molecular weight is 363 g/mol. The van der Waals surface area contributed by atoms with Crippen molar-refractivity contribution in [2.45, 2.75) is 12.2 Å². The molecule has 1 aliphatic heterocycles. The van der Waals surface area contributed by atoms with Crippen LogP contribution in [0.15, 0.2) is 21.1 Å². The quantitative estimate of drug-likeness (QED) is 0.429. The molecule has 0 aromatic rings. The summed E-state index contributed by atoms with van der Waals surface area (Å²) >= 11 is -1.56. The van der Waals surface area contributed by atoms with Crippen molar-refractivity contribution in [2.24, 2.45) is 0 Å². The number of carbonyl (C=O) groups excluding carboxylic acids is 2. The number of halogens is 4. The van der Waals surface area contributed by atoms with Gasteiger partial charge in [-0.15, -0.1) is 0 Å². The summed E-state index contributed by atoms with van der Waals surface area (Å²) in [6.07, 6.45) is 4.23. The summed E-state index contributed by atoms with van der Waals surface area (Å²) in [5.41, 5.74) is 0. The molecule has 0 aromatic carbocycles. The Bertz CT molecular complexity index is 395. The molecule has 0 amide bonds. The molecule has 1 aliphatic rings. The fourth-order valence-electron chi connectivity index (χ4n) is 1.26. The summed E-state index contributed by atoms with van der Waals surface area (Å²) in [6.45, 7) is 0. The molecule has 1 heterocycles. The van der Waals surface area contributed by atoms with Gasteiger partial charge in [0.15, 0.2) is 0 Å². The van der Waals surface area contributed by atoms with Crippen LogP contribution in [0.25, 0.3) is 0 Å². The minimum atomic E-state index is -6.00. The molecule has 1 rings (SSSR count). The van der Waals surface area contributed by atoms with Gasteiger partial charge in [0.2, 0.25) is 0 Å². The normalized spacial score (nSPS) is 15.3. The van der Waals surface area contributed by atoms with Gasteiger partial charge in [0.05, 0.1) is 0 Å². The van der Waals surface area contributed by atoms with Crippen molar-refractivity contribution >= 4 is 33.1 Å². The molecule has 0 saturated carbocycles. The molecule has 0 aliphatic carbocycles. The van der Waals surface area contributed by atoms with E-state index in [1.165, 1.54) is 14.2 Å². The van der Waals surface area contributed by atoms with Crippen LogP contribution in [0.1, 0.15) is 6.42 Å². The van der Waals surface area contributed by atoms with Crippen molar-refractivity contribution in [3.05, 3.63) is 21.1 Å². The third-order valence-electron chi connectivity index (χ3n) is 2.04. The topological polar surface area (TPSA) is 52.6 Å². The van der Waals surface area contributed by atoms with E-state index in [-0.39, 0.29) is 11.9 Å². The first kappa shape index (κ1) is 18.7. The van der Waals surface area contributed by atoms with Gasteiger partial charge in [-0.05, 0) is 0 Å². The second kappa shape index (κ2) is 8.11. The summed E-state index contributed by atoms with van der Waals surface area (Å²) in [5, 5.41) is 0. The monoisotopic (exact) mass is 364 g/mol. The number of hydrogen-bond acceptors (Lipinski definition) is 4. The summed E-state index contributed by atoms with van der Waals surface area (Å²) in [5.74, 6) is 1.24. The van der Waals surface area contributed by atoms with Crippen LogP contribution in [-0.2, 0) is 19.1 Å². The Hall–Kier alpha value is -1.28. The molecular weight excluding hydrogens is 350 g/mol. The van der Waals surface area contributed by atoms with E-state index in [1.54, 1.807) is 0 Å². The maximum absolute atomic E-state index is 11.4. The molecule has 0 fully saturated rings. The Morgan fingerprint density at radius 3 is 1.60 bits per heavy atom. The number of rotatable bonds is 2. The van der Waals surface area contributed by atoms with Gasteiger partial charge in [-0.25, -0.2) is 0 Å². The SMILES string of the molecule is COC(=O)C1=CCC=C(C(=O)OC)[Se+]1C.F[B-](F)(F)F. The van der Waals surface area contributed by atoms with Crippen molar-refractivity contribution in [3.8, 4) is 0 Å². The predicted molar refractivity (Wildman–Crippen MR) is 66.6 cm³/mol. The molecule has 0 spiro atoms. The molecule has 0 unspecified atom stereocenters. The molecule has 0 saturated heterocycles. The van der Waals surface area contributed by atoms with Gasteiger partial charge in [0.1, 0.15) is 0 Å². The Morgan fingerprint density at radius 1 is 1.05 bits per heavy atom. The number of hydrogen-bond donors (Lipinski definition) is 0. The maximum Gasteiger partial charge on any atom is 0.673 e. The molecule has 0 atom stereocenters. The Labute approximate surface area is 117 Å². The van der Waals surface area contributed by atoms with Gasteiger partial charge >= 0.3 is 99.7 Å². The Morgan fingerprint density at radius 2 is 1.35 bits per heavy atom. The van der Waals surface area contributed by atoms with E-state index in [4.69, 9.17) is 0 Å². The predicted octanol–water partition coefficient (Wildman–Crippen LogP) is 2.09. The van der Waals surface area contributed by atoms with Gasteiger partial charge < -0.3 is 17.3 Å². The van der Waals surface area contributed by atoms with Crippen molar-refractivity contribution in [1.82, 2.24) is 0 Å².